The molecule has 2 heterocycles. The largest absolute Gasteiger partial charge is 0.384 e. The van der Waals surface area contributed by atoms with Crippen molar-refractivity contribution in [2.24, 2.45) is 0 Å². The van der Waals surface area contributed by atoms with Crippen molar-refractivity contribution in [2.75, 3.05) is 12.3 Å². The summed E-state index contributed by atoms with van der Waals surface area (Å²) in [4.78, 5) is 18.9. The second kappa shape index (κ2) is 5.59. The lowest BCUT2D eigenvalue weighted by atomic mass is 10.1. The van der Waals surface area contributed by atoms with E-state index in [2.05, 4.69) is 25.8 Å². The molecule has 2 rings (SSSR count). The third kappa shape index (κ3) is 2.88. The van der Waals surface area contributed by atoms with E-state index in [0.717, 1.165) is 31.5 Å². The summed E-state index contributed by atoms with van der Waals surface area (Å²) in [7, 11) is 0. The molecule has 0 aromatic carbocycles. The number of rotatable bonds is 3. The van der Waals surface area contributed by atoms with Gasteiger partial charge in [0.25, 0.3) is 5.91 Å². The van der Waals surface area contributed by atoms with E-state index in [1.807, 2.05) is 11.0 Å². The summed E-state index contributed by atoms with van der Waals surface area (Å²) >= 11 is 0. The van der Waals surface area contributed by atoms with Gasteiger partial charge in [-0.2, -0.15) is 0 Å². The summed E-state index contributed by atoms with van der Waals surface area (Å²) < 4.78 is 0. The van der Waals surface area contributed by atoms with Crippen molar-refractivity contribution < 1.29 is 4.79 Å². The van der Waals surface area contributed by atoms with Crippen LogP contribution in [0.25, 0.3) is 0 Å². The highest BCUT2D eigenvalue weighted by Gasteiger charge is 2.28. The Hall–Kier alpha value is -1.58. The fourth-order valence-electron chi connectivity index (χ4n) is 2.69. The SMILES string of the molecule is CCC1CCCN1C(=O)c1cc(N)nc(C(C)C)c1. The van der Waals surface area contributed by atoms with Gasteiger partial charge in [0.15, 0.2) is 0 Å². The van der Waals surface area contributed by atoms with Gasteiger partial charge in [-0.3, -0.25) is 4.79 Å². The molecule has 1 saturated heterocycles. The highest BCUT2D eigenvalue weighted by molar-refractivity contribution is 5.95. The van der Waals surface area contributed by atoms with Gasteiger partial charge in [-0.1, -0.05) is 20.8 Å². The summed E-state index contributed by atoms with van der Waals surface area (Å²) in [6.07, 6.45) is 3.23. The Kier molecular flexibility index (Phi) is 4.08. The molecule has 0 saturated carbocycles. The summed E-state index contributed by atoms with van der Waals surface area (Å²) in [6.45, 7) is 7.11. The van der Waals surface area contributed by atoms with Crippen LogP contribution < -0.4 is 5.73 Å². The standard InChI is InChI=1S/C15H23N3O/c1-4-12-6-5-7-18(12)15(19)11-8-13(10(2)3)17-14(16)9-11/h8-10,12H,4-7H2,1-3H3,(H2,16,17). The Morgan fingerprint density at radius 1 is 1.53 bits per heavy atom. The maximum atomic E-state index is 12.6. The summed E-state index contributed by atoms with van der Waals surface area (Å²) in [5.41, 5.74) is 7.38. The molecule has 4 heteroatoms. The molecule has 1 fully saturated rings. The van der Waals surface area contributed by atoms with Crippen molar-refractivity contribution in [2.45, 2.75) is 52.0 Å². The molecule has 0 bridgehead atoms. The average molecular weight is 261 g/mol. The van der Waals surface area contributed by atoms with Gasteiger partial charge in [-0.25, -0.2) is 4.98 Å². The molecule has 1 atom stereocenters. The number of likely N-dealkylation sites (tertiary alicyclic amines) is 1. The Balaban J connectivity index is 2.28. The molecule has 0 spiro atoms. The first-order valence-corrected chi connectivity index (χ1v) is 7.11. The lowest BCUT2D eigenvalue weighted by molar-refractivity contribution is 0.0733. The van der Waals surface area contributed by atoms with Crippen LogP contribution in [0.3, 0.4) is 0 Å². The molecule has 104 valence electrons. The molecule has 1 unspecified atom stereocenters. The van der Waals surface area contributed by atoms with Crippen LogP contribution in [0.5, 0.6) is 0 Å². The molecule has 1 aliphatic rings. The van der Waals surface area contributed by atoms with Crippen LogP contribution in [0.15, 0.2) is 12.1 Å². The minimum absolute atomic E-state index is 0.0975. The van der Waals surface area contributed by atoms with Gasteiger partial charge in [0, 0.05) is 23.8 Å². The van der Waals surface area contributed by atoms with E-state index in [1.54, 1.807) is 6.07 Å². The summed E-state index contributed by atoms with van der Waals surface area (Å²) in [6, 6.07) is 3.96. The van der Waals surface area contributed by atoms with Crippen LogP contribution in [0.1, 0.15) is 62.0 Å². The van der Waals surface area contributed by atoms with Gasteiger partial charge in [0.2, 0.25) is 0 Å². The van der Waals surface area contributed by atoms with Crippen LogP contribution in [-0.4, -0.2) is 28.4 Å². The number of amides is 1. The van der Waals surface area contributed by atoms with Gasteiger partial charge in [0.1, 0.15) is 5.82 Å². The topological polar surface area (TPSA) is 59.2 Å². The lowest BCUT2D eigenvalue weighted by Crippen LogP contribution is -2.35. The predicted octanol–water partition coefficient (Wildman–Crippen LogP) is 2.80. The van der Waals surface area contributed by atoms with Gasteiger partial charge < -0.3 is 10.6 Å². The molecule has 4 nitrogen and oxygen atoms in total. The number of pyridine rings is 1. The second-order valence-corrected chi connectivity index (χ2v) is 5.56. The number of nitrogens with two attached hydrogens (primary N) is 1. The maximum absolute atomic E-state index is 12.6. The van der Waals surface area contributed by atoms with E-state index in [4.69, 9.17) is 5.73 Å². The molecule has 1 aromatic rings. The van der Waals surface area contributed by atoms with Crippen LogP contribution in [0, 0.1) is 0 Å². The van der Waals surface area contributed by atoms with Crippen molar-refractivity contribution in [3.8, 4) is 0 Å². The van der Waals surface area contributed by atoms with E-state index in [0.29, 0.717) is 17.4 Å². The van der Waals surface area contributed by atoms with E-state index >= 15 is 0 Å². The summed E-state index contributed by atoms with van der Waals surface area (Å²) in [5, 5.41) is 0. The van der Waals surface area contributed by atoms with Crippen LogP contribution in [-0.2, 0) is 0 Å². The number of aromatic nitrogens is 1. The zero-order valence-corrected chi connectivity index (χ0v) is 12.0. The van der Waals surface area contributed by atoms with Crippen molar-refractivity contribution in [1.29, 1.82) is 0 Å². The Labute approximate surface area is 115 Å². The number of carbonyl (C=O) groups is 1. The van der Waals surface area contributed by atoms with E-state index < -0.39 is 0 Å². The molecular formula is C15H23N3O. The van der Waals surface area contributed by atoms with Crippen molar-refractivity contribution in [3.63, 3.8) is 0 Å². The normalized spacial score (nSPS) is 19.2. The fourth-order valence-corrected chi connectivity index (χ4v) is 2.69. The van der Waals surface area contributed by atoms with Crippen molar-refractivity contribution in [3.05, 3.63) is 23.4 Å². The van der Waals surface area contributed by atoms with Gasteiger partial charge in [-0.05, 0) is 37.3 Å². The van der Waals surface area contributed by atoms with Gasteiger partial charge >= 0.3 is 0 Å². The molecule has 1 aromatic heterocycles. The van der Waals surface area contributed by atoms with E-state index in [9.17, 15) is 4.79 Å². The van der Waals surface area contributed by atoms with Crippen LogP contribution in [0.2, 0.25) is 0 Å². The third-order valence-electron chi connectivity index (χ3n) is 3.81. The number of carbonyl (C=O) groups excluding carboxylic acids is 1. The first-order valence-electron chi connectivity index (χ1n) is 7.11. The number of nitrogens with zero attached hydrogens (tertiary/aromatic N) is 2. The first kappa shape index (κ1) is 13.8. The minimum Gasteiger partial charge on any atom is -0.384 e. The number of anilines is 1. The highest BCUT2D eigenvalue weighted by atomic mass is 16.2. The number of hydrogen-bond acceptors (Lipinski definition) is 3. The third-order valence-corrected chi connectivity index (χ3v) is 3.81. The molecule has 1 amide bonds. The molecule has 2 N–H and O–H groups in total. The zero-order chi connectivity index (χ0) is 14.0. The summed E-state index contributed by atoms with van der Waals surface area (Å²) in [5.74, 6) is 0.803. The minimum atomic E-state index is 0.0975. The second-order valence-electron chi connectivity index (χ2n) is 5.56. The Bertz CT molecular complexity index is 470. The molecule has 1 aliphatic heterocycles. The van der Waals surface area contributed by atoms with Gasteiger partial charge in [0.05, 0.1) is 0 Å². The molecular weight excluding hydrogens is 238 g/mol. The lowest BCUT2D eigenvalue weighted by Gasteiger charge is -2.24. The van der Waals surface area contributed by atoms with Crippen molar-refractivity contribution >= 4 is 11.7 Å². The Morgan fingerprint density at radius 3 is 2.89 bits per heavy atom. The average Bonchev–Trinajstić information content (AvgIpc) is 2.85. The van der Waals surface area contributed by atoms with Crippen molar-refractivity contribution in [1.82, 2.24) is 9.88 Å². The number of nitrogen functional groups attached to an aromatic ring is 1. The molecule has 19 heavy (non-hydrogen) atoms. The smallest absolute Gasteiger partial charge is 0.254 e. The van der Waals surface area contributed by atoms with E-state index in [1.165, 1.54) is 0 Å². The fraction of sp³-hybridized carbons (Fsp3) is 0.600. The zero-order valence-electron chi connectivity index (χ0n) is 12.0. The van der Waals surface area contributed by atoms with Gasteiger partial charge in [-0.15, -0.1) is 0 Å². The quantitative estimate of drug-likeness (QED) is 0.910. The maximum Gasteiger partial charge on any atom is 0.254 e. The van der Waals surface area contributed by atoms with Crippen LogP contribution >= 0.6 is 0 Å². The highest BCUT2D eigenvalue weighted by Crippen LogP contribution is 2.24. The molecule has 0 radical (unpaired) electrons. The van der Waals surface area contributed by atoms with Crippen LogP contribution in [0.4, 0.5) is 5.82 Å². The van der Waals surface area contributed by atoms with E-state index in [-0.39, 0.29) is 11.8 Å². The monoisotopic (exact) mass is 261 g/mol. The number of hydrogen-bond donors (Lipinski definition) is 1. The first-order chi connectivity index (χ1) is 9.02. The predicted molar refractivity (Wildman–Crippen MR) is 77.1 cm³/mol. The Morgan fingerprint density at radius 2 is 2.26 bits per heavy atom. The molecule has 0 aliphatic carbocycles.